The van der Waals surface area contributed by atoms with Gasteiger partial charge in [0.05, 0.1) is 35.8 Å². The SMILES string of the molecule is COC(=O)[C@H](C)Oc1c(Br)cc(Cl)cc1C=Nn1c(-c2cc(C(C)C)c(OC)cc2C)nc2ccccc2c1=O. The van der Waals surface area contributed by atoms with Crippen molar-refractivity contribution in [2.45, 2.75) is 39.7 Å². The summed E-state index contributed by atoms with van der Waals surface area (Å²) in [5.41, 5.74) is 3.24. The number of ether oxygens (including phenoxy) is 3. The van der Waals surface area contributed by atoms with Gasteiger partial charge < -0.3 is 14.2 Å². The van der Waals surface area contributed by atoms with E-state index in [-0.39, 0.29) is 11.5 Å². The lowest BCUT2D eigenvalue weighted by Gasteiger charge is -2.18. The van der Waals surface area contributed by atoms with Crippen LogP contribution in [0.15, 0.2) is 62.9 Å². The molecule has 0 aliphatic heterocycles. The molecule has 8 nitrogen and oxygen atoms in total. The van der Waals surface area contributed by atoms with Crippen LogP contribution in [-0.4, -0.2) is 42.2 Å². The lowest BCUT2D eigenvalue weighted by atomic mass is 9.96. The first-order chi connectivity index (χ1) is 19.0. The second-order valence-corrected chi connectivity index (χ2v) is 10.8. The average molecular weight is 627 g/mol. The third kappa shape index (κ3) is 5.90. The quantitative estimate of drug-likeness (QED) is 0.159. The van der Waals surface area contributed by atoms with Crippen LogP contribution in [0.2, 0.25) is 5.02 Å². The minimum absolute atomic E-state index is 0.166. The van der Waals surface area contributed by atoms with Crippen LogP contribution < -0.4 is 15.0 Å². The van der Waals surface area contributed by atoms with Gasteiger partial charge >= 0.3 is 5.97 Å². The molecule has 0 aliphatic carbocycles. The summed E-state index contributed by atoms with van der Waals surface area (Å²) in [4.78, 5) is 30.7. The van der Waals surface area contributed by atoms with Gasteiger partial charge in [-0.25, -0.2) is 9.78 Å². The van der Waals surface area contributed by atoms with E-state index in [1.165, 1.54) is 18.0 Å². The van der Waals surface area contributed by atoms with E-state index >= 15 is 0 Å². The number of aromatic nitrogens is 2. The number of esters is 1. The third-order valence-electron chi connectivity index (χ3n) is 6.37. The largest absolute Gasteiger partial charge is 0.496 e. The Bertz CT molecular complexity index is 1680. The topological polar surface area (TPSA) is 92.0 Å². The summed E-state index contributed by atoms with van der Waals surface area (Å²) in [7, 11) is 2.92. The standard InChI is InChI=1S/C30H29BrClN3O5/c1-16(2)22-14-23(17(3)11-26(22)38-5)28-34-25-10-8-7-9-21(25)29(36)35(28)33-15-19-12-20(32)13-24(31)27(19)40-18(4)30(37)39-6/h7-16,18H,1-6H3/t18-/m0/s1. The molecule has 0 aliphatic rings. The van der Waals surface area contributed by atoms with Crippen LogP contribution in [0.3, 0.4) is 0 Å². The normalized spacial score (nSPS) is 12.2. The van der Waals surface area contributed by atoms with E-state index in [1.807, 2.05) is 25.1 Å². The van der Waals surface area contributed by atoms with E-state index in [0.717, 1.165) is 22.4 Å². The Morgan fingerprint density at radius 2 is 1.85 bits per heavy atom. The molecule has 0 amide bonds. The first-order valence-corrected chi connectivity index (χ1v) is 13.7. The van der Waals surface area contributed by atoms with E-state index in [2.05, 4.69) is 34.9 Å². The molecule has 1 heterocycles. The van der Waals surface area contributed by atoms with Crippen LogP contribution in [0.25, 0.3) is 22.3 Å². The molecule has 0 bridgehead atoms. The summed E-state index contributed by atoms with van der Waals surface area (Å²) in [6, 6.07) is 14.3. The van der Waals surface area contributed by atoms with Gasteiger partial charge in [-0.05, 0) is 83.2 Å². The second-order valence-electron chi connectivity index (χ2n) is 9.47. The average Bonchev–Trinajstić information content (AvgIpc) is 2.93. The molecule has 0 fully saturated rings. The Labute approximate surface area is 245 Å². The summed E-state index contributed by atoms with van der Waals surface area (Å²) in [6.07, 6.45) is 0.561. The van der Waals surface area contributed by atoms with Crippen molar-refractivity contribution in [1.82, 2.24) is 9.66 Å². The first-order valence-electron chi connectivity index (χ1n) is 12.5. The van der Waals surface area contributed by atoms with Crippen molar-refractivity contribution in [3.8, 4) is 22.9 Å². The number of fused-ring (bicyclic) bond motifs is 1. The van der Waals surface area contributed by atoms with Crippen molar-refractivity contribution in [3.05, 3.63) is 85.1 Å². The number of methoxy groups -OCH3 is 2. The van der Waals surface area contributed by atoms with Crippen LogP contribution in [-0.2, 0) is 9.53 Å². The second kappa shape index (κ2) is 12.2. The monoisotopic (exact) mass is 625 g/mol. The van der Waals surface area contributed by atoms with Crippen LogP contribution >= 0.6 is 27.5 Å². The van der Waals surface area contributed by atoms with Gasteiger partial charge in [0.15, 0.2) is 11.9 Å². The highest BCUT2D eigenvalue weighted by Crippen LogP contribution is 2.35. The molecular weight excluding hydrogens is 598 g/mol. The molecule has 10 heteroatoms. The number of para-hydroxylation sites is 1. The highest BCUT2D eigenvalue weighted by Gasteiger charge is 2.21. The molecular formula is C30H29BrClN3O5. The van der Waals surface area contributed by atoms with Crippen molar-refractivity contribution in [2.24, 2.45) is 5.10 Å². The van der Waals surface area contributed by atoms with Crippen molar-refractivity contribution in [1.29, 1.82) is 0 Å². The van der Waals surface area contributed by atoms with E-state index < -0.39 is 12.1 Å². The number of rotatable bonds is 8. The Hall–Kier alpha value is -3.69. The number of nitrogens with zero attached hydrogens (tertiary/aromatic N) is 3. The summed E-state index contributed by atoms with van der Waals surface area (Å²) >= 11 is 9.78. The number of hydrogen-bond acceptors (Lipinski definition) is 7. The number of carbonyl (C=O) groups is 1. The Kier molecular flexibility index (Phi) is 8.95. The maximum absolute atomic E-state index is 13.8. The molecule has 208 valence electrons. The van der Waals surface area contributed by atoms with E-state index in [4.69, 9.17) is 30.8 Å². The number of halogens is 2. The van der Waals surface area contributed by atoms with Gasteiger partial charge in [-0.2, -0.15) is 9.78 Å². The van der Waals surface area contributed by atoms with Crippen molar-refractivity contribution >= 4 is 50.6 Å². The van der Waals surface area contributed by atoms with Gasteiger partial charge in [-0.3, -0.25) is 4.79 Å². The third-order valence-corrected chi connectivity index (χ3v) is 7.18. The van der Waals surface area contributed by atoms with Gasteiger partial charge in [-0.15, -0.1) is 0 Å². The van der Waals surface area contributed by atoms with Crippen LogP contribution in [0, 0.1) is 6.92 Å². The Morgan fingerprint density at radius 1 is 1.12 bits per heavy atom. The predicted octanol–water partition coefficient (Wildman–Crippen LogP) is 6.74. The molecule has 0 unspecified atom stereocenters. The Balaban J connectivity index is 1.95. The van der Waals surface area contributed by atoms with Crippen LogP contribution in [0.1, 0.15) is 43.4 Å². The molecule has 1 aromatic heterocycles. The summed E-state index contributed by atoms with van der Waals surface area (Å²) < 4.78 is 18.1. The van der Waals surface area contributed by atoms with Crippen LogP contribution in [0.4, 0.5) is 0 Å². The van der Waals surface area contributed by atoms with Gasteiger partial charge in [0, 0.05) is 16.1 Å². The lowest BCUT2D eigenvalue weighted by Crippen LogP contribution is -2.25. The molecule has 40 heavy (non-hydrogen) atoms. The Morgan fingerprint density at radius 3 is 2.52 bits per heavy atom. The zero-order valence-corrected chi connectivity index (χ0v) is 25.3. The molecule has 3 aromatic carbocycles. The molecule has 0 saturated heterocycles. The predicted molar refractivity (Wildman–Crippen MR) is 161 cm³/mol. The van der Waals surface area contributed by atoms with Gasteiger partial charge in [0.25, 0.3) is 5.56 Å². The highest BCUT2D eigenvalue weighted by molar-refractivity contribution is 9.10. The van der Waals surface area contributed by atoms with Gasteiger partial charge in [-0.1, -0.05) is 37.6 Å². The minimum atomic E-state index is -0.897. The molecule has 0 saturated carbocycles. The van der Waals surface area contributed by atoms with E-state index in [1.54, 1.807) is 44.4 Å². The molecule has 0 spiro atoms. The summed E-state index contributed by atoms with van der Waals surface area (Å²) in [6.45, 7) is 7.65. The number of benzene rings is 3. The van der Waals surface area contributed by atoms with Gasteiger partial charge in [0.1, 0.15) is 11.5 Å². The fourth-order valence-electron chi connectivity index (χ4n) is 4.28. The molecule has 0 N–H and O–H groups in total. The summed E-state index contributed by atoms with van der Waals surface area (Å²) in [5.74, 6) is 1.07. The van der Waals surface area contributed by atoms with Crippen molar-refractivity contribution in [3.63, 3.8) is 0 Å². The lowest BCUT2D eigenvalue weighted by molar-refractivity contribution is -0.147. The zero-order chi connectivity index (χ0) is 29.1. The fourth-order valence-corrected chi connectivity index (χ4v) is 5.21. The summed E-state index contributed by atoms with van der Waals surface area (Å²) in [5, 5.41) is 5.41. The van der Waals surface area contributed by atoms with Gasteiger partial charge in [0.2, 0.25) is 0 Å². The molecule has 0 radical (unpaired) electrons. The minimum Gasteiger partial charge on any atom is -0.496 e. The van der Waals surface area contributed by atoms with Crippen molar-refractivity contribution in [2.75, 3.05) is 14.2 Å². The zero-order valence-electron chi connectivity index (χ0n) is 23.0. The smallest absolute Gasteiger partial charge is 0.346 e. The van der Waals surface area contributed by atoms with Crippen LogP contribution in [0.5, 0.6) is 11.5 Å². The number of aryl methyl sites for hydroxylation is 1. The molecule has 1 atom stereocenters. The molecule has 4 aromatic rings. The highest BCUT2D eigenvalue weighted by atomic mass is 79.9. The van der Waals surface area contributed by atoms with E-state index in [9.17, 15) is 9.59 Å². The van der Waals surface area contributed by atoms with E-state index in [0.29, 0.717) is 37.5 Å². The maximum atomic E-state index is 13.8. The maximum Gasteiger partial charge on any atom is 0.346 e. The molecule has 4 rings (SSSR count). The van der Waals surface area contributed by atoms with Crippen molar-refractivity contribution < 1.29 is 19.0 Å². The fraction of sp³-hybridized carbons (Fsp3) is 0.267. The number of hydrogen-bond donors (Lipinski definition) is 0. The first kappa shape index (κ1) is 29.3. The number of carbonyl (C=O) groups excluding carboxylic acids is 1.